The Kier molecular flexibility index (Phi) is 2.82. The summed E-state index contributed by atoms with van der Waals surface area (Å²) in [7, 11) is 0. The lowest BCUT2D eigenvalue weighted by Gasteiger charge is -2.30. The molecule has 1 aliphatic rings. The van der Waals surface area contributed by atoms with Gasteiger partial charge in [0.1, 0.15) is 0 Å². The second-order valence-electron chi connectivity index (χ2n) is 3.40. The molecule has 0 aromatic rings. The fourth-order valence-electron chi connectivity index (χ4n) is 1.59. The number of carbonyl (C=O) groups excluding carboxylic acids is 1. The largest absolute Gasteiger partial charge is 0.396 e. The van der Waals surface area contributed by atoms with Gasteiger partial charge in [0.15, 0.2) is 5.78 Å². The molecule has 1 unspecified atom stereocenters. The molecule has 0 aliphatic heterocycles. The molecule has 2 heteroatoms. The van der Waals surface area contributed by atoms with Crippen molar-refractivity contribution in [2.75, 3.05) is 6.61 Å². The quantitative estimate of drug-likeness (QED) is 0.644. The van der Waals surface area contributed by atoms with E-state index in [-0.39, 0.29) is 17.8 Å². The Labute approximate surface area is 72.6 Å². The van der Waals surface area contributed by atoms with Crippen LogP contribution in [0.2, 0.25) is 0 Å². The van der Waals surface area contributed by atoms with E-state index < -0.39 is 0 Å². The van der Waals surface area contributed by atoms with Crippen molar-refractivity contribution in [3.63, 3.8) is 0 Å². The van der Waals surface area contributed by atoms with E-state index in [2.05, 4.69) is 6.58 Å². The van der Waals surface area contributed by atoms with E-state index in [9.17, 15) is 4.79 Å². The third-order valence-corrected chi connectivity index (χ3v) is 2.32. The normalized spacial score (nSPS) is 28.9. The van der Waals surface area contributed by atoms with E-state index in [1.54, 1.807) is 12.2 Å². The molecule has 0 saturated heterocycles. The van der Waals surface area contributed by atoms with Gasteiger partial charge in [-0.1, -0.05) is 12.2 Å². The van der Waals surface area contributed by atoms with Gasteiger partial charge < -0.3 is 5.11 Å². The van der Waals surface area contributed by atoms with Crippen molar-refractivity contribution in [3.05, 3.63) is 24.8 Å². The van der Waals surface area contributed by atoms with Crippen LogP contribution in [0.5, 0.6) is 0 Å². The van der Waals surface area contributed by atoms with Crippen LogP contribution in [-0.4, -0.2) is 17.5 Å². The van der Waals surface area contributed by atoms with Crippen LogP contribution in [0.15, 0.2) is 24.8 Å². The molecule has 1 aliphatic carbocycles. The Balaban J connectivity index is 2.73. The highest BCUT2D eigenvalue weighted by atomic mass is 16.3. The lowest BCUT2D eigenvalue weighted by Crippen LogP contribution is -2.29. The Morgan fingerprint density at radius 3 is 3.00 bits per heavy atom. The third kappa shape index (κ3) is 1.83. The Hall–Kier alpha value is -0.890. The zero-order valence-electron chi connectivity index (χ0n) is 7.12. The molecule has 0 saturated carbocycles. The Morgan fingerprint density at radius 1 is 1.75 bits per heavy atom. The number of ketones is 1. The topological polar surface area (TPSA) is 37.3 Å². The SMILES string of the molecule is C=CCC1(CO)CC=CC(=O)C1. The minimum Gasteiger partial charge on any atom is -0.396 e. The van der Waals surface area contributed by atoms with Crippen LogP contribution < -0.4 is 0 Å². The predicted molar refractivity (Wildman–Crippen MR) is 47.7 cm³/mol. The molecule has 0 aromatic carbocycles. The van der Waals surface area contributed by atoms with Crippen molar-refractivity contribution < 1.29 is 9.90 Å². The van der Waals surface area contributed by atoms with Crippen molar-refractivity contribution in [2.24, 2.45) is 5.41 Å². The summed E-state index contributed by atoms with van der Waals surface area (Å²) in [5, 5.41) is 9.16. The first-order chi connectivity index (χ1) is 5.72. The minimum absolute atomic E-state index is 0.0646. The van der Waals surface area contributed by atoms with Crippen LogP contribution in [0.4, 0.5) is 0 Å². The van der Waals surface area contributed by atoms with Gasteiger partial charge >= 0.3 is 0 Å². The molecular formula is C10H14O2. The van der Waals surface area contributed by atoms with E-state index in [4.69, 9.17) is 5.11 Å². The molecule has 1 rings (SSSR count). The minimum atomic E-state index is -0.256. The summed E-state index contributed by atoms with van der Waals surface area (Å²) in [6.07, 6.45) is 7.14. The van der Waals surface area contributed by atoms with E-state index in [1.165, 1.54) is 0 Å². The summed E-state index contributed by atoms with van der Waals surface area (Å²) in [5.74, 6) is 0.108. The highest BCUT2D eigenvalue weighted by Gasteiger charge is 2.31. The van der Waals surface area contributed by atoms with E-state index in [1.807, 2.05) is 6.08 Å². The first-order valence-electron chi connectivity index (χ1n) is 4.13. The van der Waals surface area contributed by atoms with Crippen molar-refractivity contribution >= 4 is 5.78 Å². The summed E-state index contributed by atoms with van der Waals surface area (Å²) in [5.41, 5.74) is -0.256. The molecule has 0 amide bonds. The van der Waals surface area contributed by atoms with E-state index in [0.717, 1.165) is 6.42 Å². The molecule has 1 N–H and O–H groups in total. The van der Waals surface area contributed by atoms with Gasteiger partial charge in [-0.15, -0.1) is 6.58 Å². The molecule has 0 heterocycles. The van der Waals surface area contributed by atoms with Gasteiger partial charge in [-0.3, -0.25) is 4.79 Å². The van der Waals surface area contributed by atoms with Gasteiger partial charge in [0, 0.05) is 18.4 Å². The maximum atomic E-state index is 11.1. The molecule has 12 heavy (non-hydrogen) atoms. The van der Waals surface area contributed by atoms with Crippen molar-refractivity contribution in [2.45, 2.75) is 19.3 Å². The summed E-state index contributed by atoms with van der Waals surface area (Å²) in [6, 6.07) is 0. The fourth-order valence-corrected chi connectivity index (χ4v) is 1.59. The summed E-state index contributed by atoms with van der Waals surface area (Å²) in [4.78, 5) is 11.1. The van der Waals surface area contributed by atoms with Crippen molar-refractivity contribution in [3.8, 4) is 0 Å². The fraction of sp³-hybridized carbons (Fsp3) is 0.500. The second kappa shape index (κ2) is 3.68. The molecule has 0 spiro atoms. The van der Waals surface area contributed by atoms with Crippen LogP contribution in [0.25, 0.3) is 0 Å². The highest BCUT2D eigenvalue weighted by molar-refractivity contribution is 5.91. The van der Waals surface area contributed by atoms with Gasteiger partial charge in [-0.2, -0.15) is 0 Å². The lowest BCUT2D eigenvalue weighted by molar-refractivity contribution is -0.118. The van der Waals surface area contributed by atoms with Gasteiger partial charge in [-0.05, 0) is 18.9 Å². The van der Waals surface area contributed by atoms with Gasteiger partial charge in [-0.25, -0.2) is 0 Å². The van der Waals surface area contributed by atoms with Crippen molar-refractivity contribution in [1.82, 2.24) is 0 Å². The van der Waals surface area contributed by atoms with Crippen molar-refractivity contribution in [1.29, 1.82) is 0 Å². The number of allylic oxidation sites excluding steroid dienone is 3. The van der Waals surface area contributed by atoms with E-state index >= 15 is 0 Å². The maximum absolute atomic E-state index is 11.1. The average molecular weight is 166 g/mol. The Bertz CT molecular complexity index is 218. The standard InChI is InChI=1S/C10H14O2/c1-2-5-10(8-11)6-3-4-9(12)7-10/h2-4,11H,1,5-8H2. The zero-order chi connectivity index (χ0) is 9.03. The molecule has 1 atom stereocenters. The number of aliphatic hydroxyl groups excluding tert-OH is 1. The van der Waals surface area contributed by atoms with Crippen LogP contribution in [-0.2, 0) is 4.79 Å². The molecule has 0 fully saturated rings. The lowest BCUT2D eigenvalue weighted by atomic mass is 9.75. The maximum Gasteiger partial charge on any atom is 0.156 e. The summed E-state index contributed by atoms with van der Waals surface area (Å²) < 4.78 is 0. The number of rotatable bonds is 3. The zero-order valence-corrected chi connectivity index (χ0v) is 7.12. The second-order valence-corrected chi connectivity index (χ2v) is 3.40. The van der Waals surface area contributed by atoms with Gasteiger partial charge in [0.2, 0.25) is 0 Å². The van der Waals surface area contributed by atoms with Crippen LogP contribution in [0.3, 0.4) is 0 Å². The van der Waals surface area contributed by atoms with Crippen LogP contribution in [0, 0.1) is 5.41 Å². The molecule has 0 radical (unpaired) electrons. The number of aliphatic hydroxyl groups is 1. The smallest absolute Gasteiger partial charge is 0.156 e. The predicted octanol–water partition coefficient (Wildman–Crippen LogP) is 1.46. The third-order valence-electron chi connectivity index (χ3n) is 2.32. The summed E-state index contributed by atoms with van der Waals surface area (Å²) in [6.45, 7) is 3.69. The first-order valence-corrected chi connectivity index (χ1v) is 4.13. The molecule has 66 valence electrons. The highest BCUT2D eigenvalue weighted by Crippen LogP contribution is 2.34. The summed E-state index contributed by atoms with van der Waals surface area (Å²) >= 11 is 0. The number of hydrogen-bond donors (Lipinski definition) is 1. The van der Waals surface area contributed by atoms with E-state index in [0.29, 0.717) is 12.8 Å². The van der Waals surface area contributed by atoms with Crippen LogP contribution in [0.1, 0.15) is 19.3 Å². The monoisotopic (exact) mass is 166 g/mol. The van der Waals surface area contributed by atoms with Gasteiger partial charge in [0.25, 0.3) is 0 Å². The molecular weight excluding hydrogens is 152 g/mol. The van der Waals surface area contributed by atoms with Crippen LogP contribution >= 0.6 is 0 Å². The number of carbonyl (C=O) groups is 1. The average Bonchev–Trinajstić information content (AvgIpc) is 2.05. The number of hydrogen-bond acceptors (Lipinski definition) is 2. The first kappa shape index (κ1) is 9.20. The molecule has 0 aromatic heterocycles. The molecule has 0 bridgehead atoms. The Morgan fingerprint density at radius 2 is 2.50 bits per heavy atom. The molecule has 2 nitrogen and oxygen atoms in total. The van der Waals surface area contributed by atoms with Gasteiger partial charge in [0.05, 0.1) is 0 Å².